The van der Waals surface area contributed by atoms with Crippen LogP contribution < -0.4 is 4.90 Å². The first-order chi connectivity index (χ1) is 28.0. The monoisotopic (exact) mass is 728 g/mol. The third kappa shape index (κ3) is 5.03. The maximum Gasteiger partial charge on any atom is 0.187 e. The summed E-state index contributed by atoms with van der Waals surface area (Å²) in [6.07, 6.45) is 1.96. The van der Waals surface area contributed by atoms with E-state index < -0.39 is 0 Å². The lowest BCUT2D eigenvalue weighted by Gasteiger charge is -2.28. The van der Waals surface area contributed by atoms with Gasteiger partial charge in [-0.1, -0.05) is 129 Å². The lowest BCUT2D eigenvalue weighted by Crippen LogP contribution is -2.16. The van der Waals surface area contributed by atoms with Crippen molar-refractivity contribution in [2.24, 2.45) is 0 Å². The van der Waals surface area contributed by atoms with Crippen molar-refractivity contribution in [3.63, 3.8) is 0 Å². The van der Waals surface area contributed by atoms with Crippen molar-refractivity contribution in [3.05, 3.63) is 205 Å². The Balaban J connectivity index is 0.952. The molecule has 10 aromatic rings. The summed E-state index contributed by atoms with van der Waals surface area (Å²) in [5.74, 6) is 0. The molecule has 57 heavy (non-hydrogen) atoms. The predicted molar refractivity (Wildman–Crippen MR) is 237 cm³/mol. The van der Waals surface area contributed by atoms with Crippen molar-refractivity contribution in [2.45, 2.75) is 19.3 Å². The summed E-state index contributed by atoms with van der Waals surface area (Å²) in [7, 11) is 0. The minimum atomic E-state index is -0.125. The molecule has 0 saturated carbocycles. The summed E-state index contributed by atoms with van der Waals surface area (Å²) in [6, 6.07) is 62.7. The number of benzene rings is 8. The number of hydrogen-bond acceptors (Lipinski definition) is 2. The highest BCUT2D eigenvalue weighted by Gasteiger charge is 2.35. The molecule has 0 spiro atoms. The van der Waals surface area contributed by atoms with Gasteiger partial charge in [-0.2, -0.15) is 0 Å². The van der Waals surface area contributed by atoms with E-state index in [0.717, 1.165) is 28.3 Å². The zero-order chi connectivity index (χ0) is 38.3. The SMILES string of the molecule is [C-]#[N+]c1ccc(N(c2ccc(-c3ccc(-c4ccc5c6c4ccc4cccc(c46)n5-c4ccccc4)cc3)nc2)c2ccc3c(c2)C(C)(C)c2ccccc2-3)cc1. The minimum absolute atomic E-state index is 0.125. The Morgan fingerprint density at radius 2 is 1.25 bits per heavy atom. The van der Waals surface area contributed by atoms with Crippen LogP contribution in [-0.2, 0) is 5.41 Å². The number of nitrogens with zero attached hydrogens (tertiary/aromatic N) is 4. The first kappa shape index (κ1) is 32.9. The molecule has 0 bridgehead atoms. The van der Waals surface area contributed by atoms with E-state index >= 15 is 0 Å². The third-order valence-corrected chi connectivity index (χ3v) is 12.0. The lowest BCUT2D eigenvalue weighted by atomic mass is 9.82. The van der Waals surface area contributed by atoms with E-state index in [1.165, 1.54) is 71.6 Å². The van der Waals surface area contributed by atoms with Gasteiger partial charge in [0.1, 0.15) is 0 Å². The van der Waals surface area contributed by atoms with E-state index in [0.29, 0.717) is 5.69 Å². The molecule has 268 valence electrons. The molecule has 1 aliphatic rings. The van der Waals surface area contributed by atoms with Gasteiger partial charge in [0, 0.05) is 38.8 Å². The molecule has 1 aliphatic carbocycles. The van der Waals surface area contributed by atoms with Crippen LogP contribution in [0.5, 0.6) is 0 Å². The Bertz CT molecular complexity index is 3180. The Hall–Kier alpha value is -7.48. The third-order valence-electron chi connectivity index (χ3n) is 12.0. The van der Waals surface area contributed by atoms with Crippen LogP contribution in [0.1, 0.15) is 25.0 Å². The van der Waals surface area contributed by atoms with Gasteiger partial charge in [0.25, 0.3) is 0 Å². The van der Waals surface area contributed by atoms with E-state index in [1.807, 2.05) is 30.5 Å². The number of anilines is 3. The van der Waals surface area contributed by atoms with E-state index in [-0.39, 0.29) is 5.41 Å². The van der Waals surface area contributed by atoms with E-state index in [9.17, 15) is 0 Å². The van der Waals surface area contributed by atoms with Crippen molar-refractivity contribution in [2.75, 3.05) is 4.90 Å². The van der Waals surface area contributed by atoms with E-state index in [4.69, 9.17) is 11.6 Å². The lowest BCUT2D eigenvalue weighted by molar-refractivity contribution is 0.660. The molecule has 0 amide bonds. The summed E-state index contributed by atoms with van der Waals surface area (Å²) in [5.41, 5.74) is 16.7. The molecule has 4 nitrogen and oxygen atoms in total. The number of aromatic nitrogens is 2. The fourth-order valence-corrected chi connectivity index (χ4v) is 9.26. The van der Waals surface area contributed by atoms with Crippen LogP contribution in [0, 0.1) is 6.57 Å². The second-order valence-corrected chi connectivity index (χ2v) is 15.5. The van der Waals surface area contributed by atoms with Gasteiger partial charge in [-0.25, -0.2) is 4.85 Å². The van der Waals surface area contributed by atoms with Crippen molar-refractivity contribution in [3.8, 4) is 39.2 Å². The standard InChI is InChI=1S/C53H36N4/c1-53(2)46-14-8-7-13-43(46)44-28-25-40(32-47(44)53)56(39-23-21-37(54-3)22-24-39)41-26-30-48(55-33-41)35-18-16-34(17-19-35)42-29-31-50-52-45(42)27-20-36-10-9-15-49(51(36)52)57(50)38-11-5-4-6-12-38/h4-33H,1-2H3. The largest absolute Gasteiger partial charge is 0.309 e. The van der Waals surface area contributed by atoms with Gasteiger partial charge < -0.3 is 9.47 Å². The summed E-state index contributed by atoms with van der Waals surface area (Å²) in [5, 5.41) is 5.12. The number of rotatable bonds is 6. The van der Waals surface area contributed by atoms with Gasteiger partial charge in [-0.3, -0.25) is 4.98 Å². The summed E-state index contributed by atoms with van der Waals surface area (Å²) < 4.78 is 2.39. The minimum Gasteiger partial charge on any atom is -0.309 e. The molecule has 0 fully saturated rings. The number of pyridine rings is 1. The average Bonchev–Trinajstić information content (AvgIpc) is 3.73. The van der Waals surface area contributed by atoms with Gasteiger partial charge in [0.15, 0.2) is 5.69 Å². The first-order valence-electron chi connectivity index (χ1n) is 19.4. The maximum absolute atomic E-state index is 7.52. The summed E-state index contributed by atoms with van der Waals surface area (Å²) in [6.45, 7) is 12.1. The highest BCUT2D eigenvalue weighted by molar-refractivity contribution is 6.26. The first-order valence-corrected chi connectivity index (χ1v) is 19.4. The fraction of sp³-hybridized carbons (Fsp3) is 0.0566. The quantitative estimate of drug-likeness (QED) is 0.126. The Kier molecular flexibility index (Phi) is 7.23. The molecule has 0 atom stereocenters. The molecule has 0 unspecified atom stereocenters. The van der Waals surface area contributed by atoms with Gasteiger partial charge in [0.05, 0.1) is 35.2 Å². The van der Waals surface area contributed by atoms with Crippen LogP contribution in [0.2, 0.25) is 0 Å². The van der Waals surface area contributed by atoms with Gasteiger partial charge in [-0.15, -0.1) is 0 Å². The molecule has 0 radical (unpaired) electrons. The van der Waals surface area contributed by atoms with Crippen LogP contribution >= 0.6 is 0 Å². The van der Waals surface area contributed by atoms with Crippen molar-refractivity contribution < 1.29 is 0 Å². The highest BCUT2D eigenvalue weighted by atomic mass is 15.1. The maximum atomic E-state index is 7.52. The number of hydrogen-bond donors (Lipinski definition) is 0. The van der Waals surface area contributed by atoms with Gasteiger partial charge in [-0.05, 0) is 105 Å². The molecule has 2 aromatic heterocycles. The van der Waals surface area contributed by atoms with Crippen LogP contribution in [-0.4, -0.2) is 9.55 Å². The van der Waals surface area contributed by atoms with Crippen molar-refractivity contribution >= 4 is 55.3 Å². The van der Waals surface area contributed by atoms with Crippen LogP contribution in [0.25, 0.3) is 76.6 Å². The zero-order valence-corrected chi connectivity index (χ0v) is 31.6. The topological polar surface area (TPSA) is 25.4 Å². The van der Waals surface area contributed by atoms with Crippen molar-refractivity contribution in [1.29, 1.82) is 0 Å². The molecule has 4 heteroatoms. The van der Waals surface area contributed by atoms with Crippen molar-refractivity contribution in [1.82, 2.24) is 9.55 Å². The Morgan fingerprint density at radius 1 is 0.544 bits per heavy atom. The average molecular weight is 729 g/mol. The van der Waals surface area contributed by atoms with Gasteiger partial charge in [0.2, 0.25) is 0 Å². The molecular weight excluding hydrogens is 693 g/mol. The molecular formula is C53H36N4. The molecule has 0 aliphatic heterocycles. The Morgan fingerprint density at radius 3 is 2.04 bits per heavy atom. The van der Waals surface area contributed by atoms with Crippen LogP contribution in [0.4, 0.5) is 22.7 Å². The van der Waals surface area contributed by atoms with Crippen LogP contribution in [0.15, 0.2) is 182 Å². The van der Waals surface area contributed by atoms with Gasteiger partial charge >= 0.3 is 0 Å². The fourth-order valence-electron chi connectivity index (χ4n) is 9.26. The normalized spacial score (nSPS) is 12.9. The second-order valence-electron chi connectivity index (χ2n) is 15.5. The highest BCUT2D eigenvalue weighted by Crippen LogP contribution is 2.51. The number of fused-ring (bicyclic) bond motifs is 3. The van der Waals surface area contributed by atoms with E-state index in [1.54, 1.807) is 0 Å². The zero-order valence-electron chi connectivity index (χ0n) is 31.6. The van der Waals surface area contributed by atoms with Crippen LogP contribution in [0.3, 0.4) is 0 Å². The second kappa shape index (κ2) is 12.5. The predicted octanol–water partition coefficient (Wildman–Crippen LogP) is 14.4. The Labute approximate surface area is 331 Å². The molecule has 2 heterocycles. The molecule has 8 aromatic carbocycles. The smallest absolute Gasteiger partial charge is 0.187 e. The summed E-state index contributed by atoms with van der Waals surface area (Å²) in [4.78, 5) is 10.9. The van der Waals surface area contributed by atoms with E-state index in [2.05, 4.69) is 180 Å². The molecule has 0 N–H and O–H groups in total. The molecule has 11 rings (SSSR count). The number of para-hydroxylation sites is 1. The summed E-state index contributed by atoms with van der Waals surface area (Å²) >= 11 is 0. The molecule has 0 saturated heterocycles.